The minimum atomic E-state index is -3.46. The van der Waals surface area contributed by atoms with Gasteiger partial charge in [0.2, 0.25) is 10.0 Å². The summed E-state index contributed by atoms with van der Waals surface area (Å²) >= 11 is 0. The van der Waals surface area contributed by atoms with Crippen LogP contribution in [0.25, 0.3) is 0 Å². The third-order valence-electron chi connectivity index (χ3n) is 7.85. The van der Waals surface area contributed by atoms with Crippen LogP contribution in [0.15, 0.2) is 47.4 Å². The lowest BCUT2D eigenvalue weighted by atomic mass is 9.70. The summed E-state index contributed by atoms with van der Waals surface area (Å²) in [6.45, 7) is 4.74. The number of unbranched alkanes of at least 4 members (excludes halogenated alkanes) is 3. The first kappa shape index (κ1) is 31.4. The van der Waals surface area contributed by atoms with Crippen molar-refractivity contribution < 1.29 is 21.6 Å². The molecule has 3 rings (SSSR count). The molecule has 1 unspecified atom stereocenters. The number of rotatable bonds is 14. The highest BCUT2D eigenvalue weighted by molar-refractivity contribution is 7.91. The van der Waals surface area contributed by atoms with Crippen LogP contribution < -0.4 is 14.8 Å². The lowest BCUT2D eigenvalue weighted by molar-refractivity contribution is 0.230. The molecule has 2 aromatic rings. The molecule has 2 N–H and O–H groups in total. The quantitative estimate of drug-likeness (QED) is 0.281. The number of sulfone groups is 1. The molecule has 0 saturated carbocycles. The summed E-state index contributed by atoms with van der Waals surface area (Å²) < 4.78 is 55.9. The summed E-state index contributed by atoms with van der Waals surface area (Å²) in [6, 6.07) is 13.8. The van der Waals surface area contributed by atoms with E-state index in [9.17, 15) is 16.8 Å². The molecule has 1 aliphatic heterocycles. The average molecular weight is 579 g/mol. The summed E-state index contributed by atoms with van der Waals surface area (Å²) in [7, 11) is -2.96. The van der Waals surface area contributed by atoms with Crippen LogP contribution in [0.5, 0.6) is 5.75 Å². The number of nitrogens with zero attached hydrogens (tertiary/aromatic N) is 1. The van der Waals surface area contributed by atoms with Crippen molar-refractivity contribution in [2.75, 3.05) is 37.1 Å². The Kier molecular flexibility index (Phi) is 10.9. The van der Waals surface area contributed by atoms with Gasteiger partial charge in [-0.2, -0.15) is 0 Å². The number of hydrogen-bond donors (Lipinski definition) is 1. The third-order valence-corrected chi connectivity index (χ3v) is 10.7. The van der Waals surface area contributed by atoms with Crippen molar-refractivity contribution in [2.45, 2.75) is 82.4 Å². The van der Waals surface area contributed by atoms with E-state index in [1.807, 2.05) is 43.3 Å². The van der Waals surface area contributed by atoms with Crippen LogP contribution in [0.3, 0.4) is 0 Å². The van der Waals surface area contributed by atoms with Gasteiger partial charge in [0.25, 0.3) is 0 Å². The molecule has 0 aliphatic carbocycles. The highest BCUT2D eigenvalue weighted by Gasteiger charge is 2.43. The van der Waals surface area contributed by atoms with Gasteiger partial charge >= 0.3 is 0 Å². The van der Waals surface area contributed by atoms with Gasteiger partial charge in [0.15, 0.2) is 9.84 Å². The zero-order valence-electron chi connectivity index (χ0n) is 24.0. The largest absolute Gasteiger partial charge is 0.494 e. The number of hydrogen-bond acceptors (Lipinski definition) is 6. The SMILES string of the molecule is CCCCC1(CCCC)CC(c2ccc(OCCCCS(N)(=O)=O)cc2)c2cc(N(C)C)ccc2S(=O)(=O)C1. The Morgan fingerprint density at radius 3 is 2.18 bits per heavy atom. The zero-order valence-corrected chi connectivity index (χ0v) is 25.6. The maximum absolute atomic E-state index is 13.9. The van der Waals surface area contributed by atoms with E-state index in [2.05, 4.69) is 32.0 Å². The van der Waals surface area contributed by atoms with Gasteiger partial charge in [-0.05, 0) is 79.0 Å². The number of fused-ring (bicyclic) bond motifs is 1. The summed E-state index contributed by atoms with van der Waals surface area (Å²) in [5.74, 6) is 0.812. The number of ether oxygens (including phenoxy) is 1. The van der Waals surface area contributed by atoms with E-state index in [0.29, 0.717) is 30.1 Å². The number of primary sulfonamides is 1. The molecule has 0 bridgehead atoms. The standard InChI is InChI=1S/C30H46N2O5S2/c1-5-7-17-30(18-8-6-2)22-28(27-21-25(32(3)4)13-16-29(27)38(33,34)23-30)24-11-14-26(15-12-24)37-19-9-10-20-39(31,35)36/h11-16,21,28H,5-10,17-20,22-23H2,1-4H3,(H2,31,35,36). The maximum Gasteiger partial charge on any atom is 0.209 e. The zero-order chi connectivity index (χ0) is 28.7. The van der Waals surface area contributed by atoms with Crippen LogP contribution in [0.1, 0.15) is 88.7 Å². The van der Waals surface area contributed by atoms with E-state index in [1.54, 1.807) is 0 Å². The Morgan fingerprint density at radius 1 is 0.974 bits per heavy atom. The molecule has 1 heterocycles. The third kappa shape index (κ3) is 8.69. The molecule has 39 heavy (non-hydrogen) atoms. The Labute approximate surface area is 236 Å². The summed E-state index contributed by atoms with van der Waals surface area (Å²) in [5.41, 5.74) is 2.68. The summed E-state index contributed by atoms with van der Waals surface area (Å²) in [5, 5.41) is 5.07. The van der Waals surface area contributed by atoms with Crippen LogP contribution in [0.2, 0.25) is 0 Å². The van der Waals surface area contributed by atoms with Crippen molar-refractivity contribution >= 4 is 25.5 Å². The first-order chi connectivity index (χ1) is 18.4. The monoisotopic (exact) mass is 578 g/mol. The van der Waals surface area contributed by atoms with E-state index in [-0.39, 0.29) is 22.8 Å². The van der Waals surface area contributed by atoms with Gasteiger partial charge in [0.05, 0.1) is 23.0 Å². The second kappa shape index (κ2) is 13.5. The highest BCUT2D eigenvalue weighted by atomic mass is 32.2. The van der Waals surface area contributed by atoms with Crippen LogP contribution in [-0.2, 0) is 19.9 Å². The van der Waals surface area contributed by atoms with Gasteiger partial charge in [0, 0.05) is 25.7 Å². The Morgan fingerprint density at radius 2 is 1.62 bits per heavy atom. The van der Waals surface area contributed by atoms with E-state index in [4.69, 9.17) is 9.88 Å². The molecule has 1 atom stereocenters. The maximum atomic E-state index is 13.9. The van der Waals surface area contributed by atoms with Gasteiger partial charge in [-0.15, -0.1) is 0 Å². The Balaban J connectivity index is 1.97. The average Bonchev–Trinajstić information content (AvgIpc) is 2.97. The normalized spacial score (nSPS) is 18.2. The van der Waals surface area contributed by atoms with Gasteiger partial charge in [0.1, 0.15) is 5.75 Å². The first-order valence-electron chi connectivity index (χ1n) is 14.2. The van der Waals surface area contributed by atoms with Gasteiger partial charge in [-0.25, -0.2) is 22.0 Å². The molecule has 0 fully saturated rings. The molecule has 218 valence electrons. The lowest BCUT2D eigenvalue weighted by Gasteiger charge is -2.35. The van der Waals surface area contributed by atoms with Crippen molar-refractivity contribution in [1.82, 2.24) is 0 Å². The van der Waals surface area contributed by atoms with E-state index < -0.39 is 19.9 Å². The van der Waals surface area contributed by atoms with Crippen molar-refractivity contribution in [3.63, 3.8) is 0 Å². The molecule has 7 nitrogen and oxygen atoms in total. The Hall–Kier alpha value is -2.10. The molecule has 0 saturated heterocycles. The van der Waals surface area contributed by atoms with Crippen molar-refractivity contribution in [3.05, 3.63) is 53.6 Å². The first-order valence-corrected chi connectivity index (χ1v) is 17.5. The minimum Gasteiger partial charge on any atom is -0.494 e. The molecule has 0 spiro atoms. The number of benzene rings is 2. The molecule has 2 aromatic carbocycles. The van der Waals surface area contributed by atoms with Gasteiger partial charge < -0.3 is 9.64 Å². The number of nitrogens with two attached hydrogens (primary N) is 1. The predicted octanol–water partition coefficient (Wildman–Crippen LogP) is 5.88. The fourth-order valence-corrected chi connectivity index (χ4v) is 8.53. The van der Waals surface area contributed by atoms with Crippen LogP contribution in [0.4, 0.5) is 5.69 Å². The summed E-state index contributed by atoms with van der Waals surface area (Å²) in [4.78, 5) is 2.48. The molecular weight excluding hydrogens is 532 g/mol. The highest BCUT2D eigenvalue weighted by Crippen LogP contribution is 2.50. The Bertz CT molecular complexity index is 1280. The molecule has 0 radical (unpaired) electrons. The van der Waals surface area contributed by atoms with Crippen molar-refractivity contribution in [2.24, 2.45) is 10.6 Å². The van der Waals surface area contributed by atoms with E-state index in [0.717, 1.165) is 61.8 Å². The van der Waals surface area contributed by atoms with E-state index in [1.165, 1.54) is 0 Å². The minimum absolute atomic E-state index is 0.0466. The van der Waals surface area contributed by atoms with Crippen LogP contribution >= 0.6 is 0 Å². The molecule has 0 aromatic heterocycles. The van der Waals surface area contributed by atoms with Crippen molar-refractivity contribution in [1.29, 1.82) is 0 Å². The summed E-state index contributed by atoms with van der Waals surface area (Å²) in [6.07, 6.45) is 7.78. The van der Waals surface area contributed by atoms with Gasteiger partial charge in [-0.1, -0.05) is 51.7 Å². The second-order valence-corrected chi connectivity index (χ2v) is 15.0. The fourth-order valence-electron chi connectivity index (χ4n) is 5.72. The molecule has 9 heteroatoms. The second-order valence-electron chi connectivity index (χ2n) is 11.3. The number of sulfonamides is 1. The molecule has 1 aliphatic rings. The van der Waals surface area contributed by atoms with Crippen LogP contribution in [0, 0.1) is 5.41 Å². The van der Waals surface area contributed by atoms with Gasteiger partial charge in [-0.3, -0.25) is 0 Å². The van der Waals surface area contributed by atoms with E-state index >= 15 is 0 Å². The lowest BCUT2D eigenvalue weighted by Crippen LogP contribution is -2.30. The molecular formula is C30H46N2O5S2. The van der Waals surface area contributed by atoms with Crippen LogP contribution in [-0.4, -0.2) is 49.0 Å². The predicted molar refractivity (Wildman–Crippen MR) is 160 cm³/mol. The number of anilines is 1. The van der Waals surface area contributed by atoms with Crippen molar-refractivity contribution in [3.8, 4) is 5.75 Å². The smallest absolute Gasteiger partial charge is 0.209 e. The fraction of sp³-hybridized carbons (Fsp3) is 0.600. The molecule has 0 amide bonds. The topological polar surface area (TPSA) is 107 Å².